The molecule has 1 heterocycles. The Balaban J connectivity index is 0.00000278. The van der Waals surface area contributed by atoms with Gasteiger partial charge in [-0.05, 0) is 12.8 Å². The van der Waals surface area contributed by atoms with Gasteiger partial charge in [0.1, 0.15) is 6.54 Å². The lowest BCUT2D eigenvalue weighted by atomic mass is 10.0. The fourth-order valence-electron chi connectivity index (χ4n) is 5.93. The molecule has 0 radical (unpaired) electrons. The van der Waals surface area contributed by atoms with Gasteiger partial charge in [0, 0.05) is 25.8 Å². The molecule has 0 saturated carbocycles. The maximum Gasteiger partial charge on any atom is 0.219 e. The summed E-state index contributed by atoms with van der Waals surface area (Å²) in [5.41, 5.74) is 0. The van der Waals surface area contributed by atoms with Crippen molar-refractivity contribution >= 4 is 22.1 Å². The van der Waals surface area contributed by atoms with Crippen LogP contribution >= 0.6 is 0 Å². The van der Waals surface area contributed by atoms with Crippen molar-refractivity contribution < 1.29 is 26.4 Å². The Bertz CT molecular complexity index is 806. The Morgan fingerprint density at radius 1 is 0.750 bits per heavy atom. The van der Waals surface area contributed by atoms with E-state index in [-0.39, 0.29) is 5.91 Å². The van der Waals surface area contributed by atoms with E-state index >= 15 is 0 Å². The minimum absolute atomic E-state index is 0.250. The maximum atomic E-state index is 12.2. The van der Waals surface area contributed by atoms with Crippen LogP contribution in [0, 0.1) is 0 Å². The number of nitrogens with zero attached hydrogens (tertiary/aromatic N) is 2. The molecule has 0 aromatic rings. The Morgan fingerprint density at radius 2 is 1.16 bits per heavy atom. The zero-order valence-corrected chi connectivity index (χ0v) is 30.2. The smallest absolute Gasteiger partial charge is 0.219 e. The fourth-order valence-corrected chi connectivity index (χ4v) is 5.93. The van der Waals surface area contributed by atoms with Crippen LogP contribution in [0.5, 0.6) is 0 Å². The van der Waals surface area contributed by atoms with Gasteiger partial charge in [-0.3, -0.25) is 13.5 Å². The molecule has 0 fully saturated rings. The largest absolute Gasteiger partial charge is 0.726 e. The van der Waals surface area contributed by atoms with Gasteiger partial charge in [-0.1, -0.05) is 142 Å². The monoisotopic (exact) mass is 646 g/mol. The highest BCUT2D eigenvalue weighted by molar-refractivity contribution is 7.80. The van der Waals surface area contributed by atoms with Gasteiger partial charge >= 0.3 is 0 Å². The molecular weight excluding hydrogens is 574 g/mol. The summed E-state index contributed by atoms with van der Waals surface area (Å²) in [5, 5.41) is 3.18. The van der Waals surface area contributed by atoms with Gasteiger partial charge < -0.3 is 9.87 Å². The number of likely N-dealkylation sites (N-methyl/N-ethyl adjacent to an activating group) is 1. The number of amides is 1. The van der Waals surface area contributed by atoms with Crippen LogP contribution in [-0.4, -0.2) is 69.5 Å². The minimum Gasteiger partial charge on any atom is -0.726 e. The Kier molecular flexibility index (Phi) is 28.7. The molecule has 262 valence electrons. The highest BCUT2D eigenvalue weighted by atomic mass is 32.3. The molecule has 0 spiro atoms. The van der Waals surface area contributed by atoms with Crippen LogP contribution in [-0.2, 0) is 19.4 Å². The van der Waals surface area contributed by atoms with Crippen molar-refractivity contribution in [1.82, 2.24) is 5.32 Å². The first-order valence-corrected chi connectivity index (χ1v) is 19.7. The van der Waals surface area contributed by atoms with Gasteiger partial charge in [0.2, 0.25) is 16.3 Å². The molecule has 1 amide bonds. The topological polar surface area (TPSA) is 108 Å². The lowest BCUT2D eigenvalue weighted by molar-refractivity contribution is -0.815. The van der Waals surface area contributed by atoms with E-state index < -0.39 is 10.4 Å². The van der Waals surface area contributed by atoms with Crippen LogP contribution in [0.15, 0.2) is 4.99 Å². The summed E-state index contributed by atoms with van der Waals surface area (Å²) in [5.74, 6) is 1.66. The quantitative estimate of drug-likeness (QED) is 0.0378. The summed E-state index contributed by atoms with van der Waals surface area (Å²) in [6, 6.07) is 0. The maximum absolute atomic E-state index is 12.2. The molecule has 0 aromatic carbocycles. The SMILES string of the molecule is CCCCCCCCCCCCCC(=O)NCCC[N+]1(C)CCN=C1CCCCCCCCCCCCC.COS(=O)(=O)[O-]. The average Bonchev–Trinajstić information content (AvgIpc) is 3.36. The Morgan fingerprint density at radius 3 is 1.59 bits per heavy atom. The second-order valence-electron chi connectivity index (χ2n) is 13.0. The van der Waals surface area contributed by atoms with Gasteiger partial charge in [-0.25, -0.2) is 13.4 Å². The predicted molar refractivity (Wildman–Crippen MR) is 185 cm³/mol. The summed E-state index contributed by atoms with van der Waals surface area (Å²) >= 11 is 0. The highest BCUT2D eigenvalue weighted by Gasteiger charge is 2.32. The van der Waals surface area contributed by atoms with Crippen LogP contribution < -0.4 is 5.32 Å². The van der Waals surface area contributed by atoms with Crippen molar-refractivity contribution in [2.75, 3.05) is 40.3 Å². The van der Waals surface area contributed by atoms with Gasteiger partial charge in [-0.2, -0.15) is 0 Å². The molecule has 1 N–H and O–H groups in total. The van der Waals surface area contributed by atoms with Crippen LogP contribution in [0.2, 0.25) is 0 Å². The number of hydrogen-bond acceptors (Lipinski definition) is 6. The first-order chi connectivity index (χ1) is 21.2. The zero-order chi connectivity index (χ0) is 32.8. The van der Waals surface area contributed by atoms with Crippen LogP contribution in [0.1, 0.15) is 174 Å². The Labute approximate surface area is 273 Å². The number of rotatable bonds is 29. The van der Waals surface area contributed by atoms with Crippen molar-refractivity contribution in [3.63, 3.8) is 0 Å². The predicted octanol–water partition coefficient (Wildman–Crippen LogP) is 8.85. The van der Waals surface area contributed by atoms with Crippen molar-refractivity contribution in [1.29, 1.82) is 0 Å². The van der Waals surface area contributed by atoms with E-state index in [0.717, 1.165) is 50.6 Å². The molecule has 1 unspecified atom stereocenters. The molecule has 1 rings (SSSR count). The molecule has 1 aliphatic heterocycles. The molecule has 1 atom stereocenters. The number of aliphatic imine (C=N–C) groups is 1. The molecule has 1 aliphatic rings. The van der Waals surface area contributed by atoms with E-state index in [0.29, 0.717) is 6.42 Å². The van der Waals surface area contributed by atoms with Crippen LogP contribution in [0.4, 0.5) is 0 Å². The van der Waals surface area contributed by atoms with Gasteiger partial charge in [0.25, 0.3) is 0 Å². The van der Waals surface area contributed by atoms with Crippen LogP contribution in [0.3, 0.4) is 0 Å². The number of carbonyl (C=O) groups is 1. The van der Waals surface area contributed by atoms with E-state index in [2.05, 4.69) is 30.4 Å². The fraction of sp³-hybridized carbons (Fsp3) is 0.943. The number of nitrogens with one attached hydrogen (secondary N) is 1. The van der Waals surface area contributed by atoms with Gasteiger partial charge in [-0.15, -0.1) is 0 Å². The minimum atomic E-state index is -4.41. The van der Waals surface area contributed by atoms with E-state index in [1.54, 1.807) is 0 Å². The summed E-state index contributed by atoms with van der Waals surface area (Å²) in [4.78, 5) is 17.1. The van der Waals surface area contributed by atoms with E-state index in [1.165, 1.54) is 147 Å². The van der Waals surface area contributed by atoms with Crippen molar-refractivity contribution in [2.45, 2.75) is 174 Å². The molecule has 44 heavy (non-hydrogen) atoms. The van der Waals surface area contributed by atoms with Gasteiger partial charge in [0.15, 0.2) is 5.84 Å². The molecule has 0 aliphatic carbocycles. The standard InChI is InChI=1S/C34H67N3O.CH4O4S/c1-4-6-8-10-12-14-16-18-20-22-24-27-33-35-30-32-37(33,3)31-26-29-36-34(38)28-25-23-21-19-17-15-13-11-9-7-5-2;1-5-6(2,3)4/h4-32H2,1-3H3;1H3,(H,2,3,4). The molecule has 8 nitrogen and oxygen atoms in total. The normalized spacial score (nSPS) is 16.4. The molecule has 0 aromatic heterocycles. The van der Waals surface area contributed by atoms with Crippen molar-refractivity contribution in [3.8, 4) is 0 Å². The third-order valence-electron chi connectivity index (χ3n) is 8.88. The lowest BCUT2D eigenvalue weighted by Crippen LogP contribution is -2.48. The highest BCUT2D eigenvalue weighted by Crippen LogP contribution is 2.19. The van der Waals surface area contributed by atoms with Crippen molar-refractivity contribution in [3.05, 3.63) is 0 Å². The van der Waals surface area contributed by atoms with Gasteiger partial charge in [0.05, 0.1) is 27.2 Å². The lowest BCUT2D eigenvalue weighted by Gasteiger charge is -2.30. The second-order valence-corrected chi connectivity index (χ2v) is 14.1. The van der Waals surface area contributed by atoms with Crippen LogP contribution in [0.25, 0.3) is 0 Å². The first-order valence-electron chi connectivity index (χ1n) is 18.3. The third kappa shape index (κ3) is 27.3. The molecule has 0 saturated heterocycles. The number of quaternary nitrogens is 1. The second kappa shape index (κ2) is 29.4. The van der Waals surface area contributed by atoms with E-state index in [1.807, 2.05) is 0 Å². The van der Waals surface area contributed by atoms with E-state index in [9.17, 15) is 17.8 Å². The molecular formula is C35H71N3O5S. The summed E-state index contributed by atoms with van der Waals surface area (Å²) < 4.78 is 32.0. The van der Waals surface area contributed by atoms with E-state index in [4.69, 9.17) is 4.99 Å². The number of hydrogen-bond donors (Lipinski definition) is 1. The Hall–Kier alpha value is -1.03. The molecule has 0 bridgehead atoms. The number of amidine groups is 1. The number of carbonyl (C=O) groups excluding carboxylic acids is 1. The first kappa shape index (κ1) is 43.0. The van der Waals surface area contributed by atoms with Crippen molar-refractivity contribution in [2.24, 2.45) is 4.99 Å². The summed E-state index contributed by atoms with van der Waals surface area (Å²) in [6.45, 7) is 8.61. The number of unbranched alkanes of at least 4 members (excludes halogenated alkanes) is 20. The summed E-state index contributed by atoms with van der Waals surface area (Å²) in [7, 11) is -1.25. The zero-order valence-electron chi connectivity index (χ0n) is 29.4. The summed E-state index contributed by atoms with van der Waals surface area (Å²) in [6.07, 6.45) is 32.9. The third-order valence-corrected chi connectivity index (χ3v) is 9.29. The average molecular weight is 646 g/mol. The molecule has 9 heteroatoms.